The van der Waals surface area contributed by atoms with Crippen LogP contribution >= 0.6 is 0 Å². The Balaban J connectivity index is 1.87. The summed E-state index contributed by atoms with van der Waals surface area (Å²) in [6, 6.07) is 14.3. The van der Waals surface area contributed by atoms with Crippen LogP contribution in [-0.4, -0.2) is 23.8 Å². The molecule has 0 aromatic heterocycles. The van der Waals surface area contributed by atoms with Crippen LogP contribution in [0, 0.1) is 5.92 Å². The summed E-state index contributed by atoms with van der Waals surface area (Å²) >= 11 is 0. The molecule has 3 rings (SSSR count). The Hall–Kier alpha value is -3.94. The van der Waals surface area contributed by atoms with Gasteiger partial charge in [-0.25, -0.2) is 9.69 Å². The molecule has 2 aromatic carbocycles. The van der Waals surface area contributed by atoms with Gasteiger partial charge >= 0.3 is 6.03 Å². The normalized spacial score (nSPS) is 16.4. The summed E-state index contributed by atoms with van der Waals surface area (Å²) in [4.78, 5) is 49.7. The van der Waals surface area contributed by atoms with Crippen LogP contribution in [0.1, 0.15) is 6.92 Å². The van der Waals surface area contributed by atoms with Crippen molar-refractivity contribution in [2.75, 3.05) is 15.5 Å². The quantitative estimate of drug-likeness (QED) is 0.693. The van der Waals surface area contributed by atoms with E-state index in [4.69, 9.17) is 0 Å². The number of nitrogens with zero attached hydrogens (tertiary/aromatic N) is 1. The molecule has 0 unspecified atom stereocenters. The van der Waals surface area contributed by atoms with Gasteiger partial charge in [-0.3, -0.25) is 19.7 Å². The number of carbonyl (C=O) groups is 4. The first-order chi connectivity index (χ1) is 13.4. The Morgan fingerprint density at radius 2 is 1.54 bits per heavy atom. The van der Waals surface area contributed by atoms with E-state index in [2.05, 4.69) is 22.5 Å². The third-order valence-corrected chi connectivity index (χ3v) is 4.06. The zero-order valence-corrected chi connectivity index (χ0v) is 15.1. The number of nitrogens with one attached hydrogen (secondary N) is 3. The second-order valence-electron chi connectivity index (χ2n) is 6.11. The van der Waals surface area contributed by atoms with Crippen molar-refractivity contribution < 1.29 is 19.2 Å². The van der Waals surface area contributed by atoms with Crippen molar-refractivity contribution in [2.24, 2.45) is 5.92 Å². The van der Waals surface area contributed by atoms with Gasteiger partial charge in [-0.1, -0.05) is 36.9 Å². The number of imide groups is 2. The number of rotatable bonds is 5. The number of urea groups is 1. The fraction of sp³-hybridized carbons (Fsp3) is 0.100. The highest BCUT2D eigenvalue weighted by molar-refractivity contribution is 6.29. The maximum absolute atomic E-state index is 12.9. The zero-order chi connectivity index (χ0) is 20.3. The first-order valence-corrected chi connectivity index (χ1v) is 8.44. The Labute approximate surface area is 161 Å². The zero-order valence-electron chi connectivity index (χ0n) is 15.1. The van der Waals surface area contributed by atoms with E-state index in [0.717, 1.165) is 4.90 Å². The van der Waals surface area contributed by atoms with E-state index in [1.165, 1.54) is 6.92 Å². The lowest BCUT2D eigenvalue weighted by Gasteiger charge is -2.31. The lowest BCUT2D eigenvalue weighted by Crippen LogP contribution is -2.59. The SMILES string of the molecule is C=C(Nc1ccccc1NC(C)=O)[C@H]1C(=O)NC(=O)N(c2ccccc2)C1=O. The highest BCUT2D eigenvalue weighted by Gasteiger charge is 2.43. The minimum absolute atomic E-state index is 0.0775. The lowest BCUT2D eigenvalue weighted by atomic mass is 10.0. The number of barbiturate groups is 1. The average Bonchev–Trinajstić information content (AvgIpc) is 2.63. The first-order valence-electron chi connectivity index (χ1n) is 8.44. The van der Waals surface area contributed by atoms with Crippen molar-refractivity contribution in [2.45, 2.75) is 6.92 Å². The van der Waals surface area contributed by atoms with E-state index >= 15 is 0 Å². The molecule has 0 bridgehead atoms. The van der Waals surface area contributed by atoms with Gasteiger partial charge in [0, 0.05) is 12.6 Å². The smallest absolute Gasteiger partial charge is 0.335 e. The summed E-state index contributed by atoms with van der Waals surface area (Å²) in [6.07, 6.45) is 0. The van der Waals surface area contributed by atoms with Gasteiger partial charge in [0.15, 0.2) is 5.92 Å². The third-order valence-electron chi connectivity index (χ3n) is 4.06. The van der Waals surface area contributed by atoms with Crippen molar-refractivity contribution in [3.05, 3.63) is 66.9 Å². The number of anilines is 3. The Morgan fingerprint density at radius 3 is 2.14 bits per heavy atom. The molecule has 8 nitrogen and oxygen atoms in total. The van der Waals surface area contributed by atoms with E-state index in [-0.39, 0.29) is 11.6 Å². The molecular weight excluding hydrogens is 360 g/mol. The summed E-state index contributed by atoms with van der Waals surface area (Å²) in [6.45, 7) is 5.17. The molecule has 5 amide bonds. The van der Waals surface area contributed by atoms with Gasteiger partial charge in [-0.05, 0) is 24.3 Å². The lowest BCUT2D eigenvalue weighted by molar-refractivity contribution is -0.132. The monoisotopic (exact) mass is 378 g/mol. The van der Waals surface area contributed by atoms with Crippen LogP contribution in [-0.2, 0) is 14.4 Å². The van der Waals surface area contributed by atoms with Crippen molar-refractivity contribution in [3.8, 4) is 0 Å². The van der Waals surface area contributed by atoms with Crippen LogP contribution < -0.4 is 20.9 Å². The predicted octanol–water partition coefficient (Wildman–Crippen LogP) is 2.47. The summed E-state index contributed by atoms with van der Waals surface area (Å²) in [5.74, 6) is -3.07. The summed E-state index contributed by atoms with van der Waals surface area (Å²) in [7, 11) is 0. The number of para-hydroxylation sites is 3. The Morgan fingerprint density at radius 1 is 0.964 bits per heavy atom. The number of amides is 5. The fourth-order valence-electron chi connectivity index (χ4n) is 2.84. The topological polar surface area (TPSA) is 108 Å². The van der Waals surface area contributed by atoms with Crippen molar-refractivity contribution in [3.63, 3.8) is 0 Å². The van der Waals surface area contributed by atoms with Crippen LogP contribution in [0.5, 0.6) is 0 Å². The minimum Gasteiger partial charge on any atom is -0.357 e. The third kappa shape index (κ3) is 3.75. The summed E-state index contributed by atoms with van der Waals surface area (Å²) < 4.78 is 0. The van der Waals surface area contributed by atoms with E-state index in [1.54, 1.807) is 54.6 Å². The van der Waals surface area contributed by atoms with Crippen LogP contribution in [0.3, 0.4) is 0 Å². The van der Waals surface area contributed by atoms with Crippen LogP contribution in [0.25, 0.3) is 0 Å². The molecule has 2 aromatic rings. The maximum atomic E-state index is 12.9. The van der Waals surface area contributed by atoms with Crippen LogP contribution in [0.2, 0.25) is 0 Å². The van der Waals surface area contributed by atoms with E-state index < -0.39 is 23.8 Å². The van der Waals surface area contributed by atoms with Gasteiger partial charge in [0.05, 0.1) is 17.1 Å². The van der Waals surface area contributed by atoms with Crippen LogP contribution in [0.15, 0.2) is 66.9 Å². The Kier molecular flexibility index (Phi) is 5.21. The van der Waals surface area contributed by atoms with Crippen molar-refractivity contribution in [1.29, 1.82) is 0 Å². The van der Waals surface area contributed by atoms with Crippen LogP contribution in [0.4, 0.5) is 21.9 Å². The molecule has 0 saturated carbocycles. The molecule has 0 radical (unpaired) electrons. The highest BCUT2D eigenvalue weighted by Crippen LogP contribution is 2.28. The maximum Gasteiger partial charge on any atom is 0.335 e. The molecule has 8 heteroatoms. The second-order valence-corrected chi connectivity index (χ2v) is 6.11. The molecule has 1 fully saturated rings. The van der Waals surface area contributed by atoms with Gasteiger partial charge in [0.25, 0.3) is 5.91 Å². The number of carbonyl (C=O) groups excluding carboxylic acids is 4. The minimum atomic E-state index is -1.32. The standard InChI is InChI=1S/C20H18N4O4/c1-12(21-15-10-6-7-11-16(15)22-13(2)25)17-18(26)23-20(28)24(19(17)27)14-8-4-3-5-9-14/h3-11,17,21H,1H2,2H3,(H,22,25)(H,23,26,28)/t17-/m0/s1. The molecule has 142 valence electrons. The molecular formula is C20H18N4O4. The van der Waals surface area contributed by atoms with Gasteiger partial charge in [-0.2, -0.15) is 0 Å². The Bertz CT molecular complexity index is 971. The predicted molar refractivity (Wildman–Crippen MR) is 104 cm³/mol. The molecule has 0 spiro atoms. The van der Waals surface area contributed by atoms with Crippen molar-refractivity contribution in [1.82, 2.24) is 5.32 Å². The summed E-state index contributed by atoms with van der Waals surface area (Å²) in [5, 5.41) is 7.74. The van der Waals surface area contributed by atoms with E-state index in [1.807, 2.05) is 0 Å². The number of hydrogen-bond donors (Lipinski definition) is 3. The highest BCUT2D eigenvalue weighted by atomic mass is 16.2. The fourth-order valence-corrected chi connectivity index (χ4v) is 2.84. The molecule has 1 atom stereocenters. The molecule has 1 heterocycles. The second kappa shape index (κ2) is 7.75. The number of benzene rings is 2. The molecule has 1 aliphatic heterocycles. The molecule has 0 aliphatic carbocycles. The van der Waals surface area contributed by atoms with Gasteiger partial charge in [-0.15, -0.1) is 0 Å². The average molecular weight is 378 g/mol. The van der Waals surface area contributed by atoms with Gasteiger partial charge < -0.3 is 10.6 Å². The molecule has 1 aliphatic rings. The number of hydrogen-bond acceptors (Lipinski definition) is 5. The molecule has 28 heavy (non-hydrogen) atoms. The summed E-state index contributed by atoms with van der Waals surface area (Å²) in [5.41, 5.74) is 1.35. The van der Waals surface area contributed by atoms with Crippen molar-refractivity contribution >= 4 is 40.8 Å². The van der Waals surface area contributed by atoms with E-state index in [0.29, 0.717) is 17.1 Å². The largest absolute Gasteiger partial charge is 0.357 e. The first kappa shape index (κ1) is 18.8. The molecule has 1 saturated heterocycles. The molecule has 3 N–H and O–H groups in total. The van der Waals surface area contributed by atoms with E-state index in [9.17, 15) is 19.2 Å². The van der Waals surface area contributed by atoms with Gasteiger partial charge in [0.1, 0.15) is 0 Å². The van der Waals surface area contributed by atoms with Gasteiger partial charge in [0.2, 0.25) is 11.8 Å².